The van der Waals surface area contributed by atoms with E-state index < -0.39 is 0 Å². The lowest BCUT2D eigenvalue weighted by molar-refractivity contribution is -0.113. The van der Waals surface area contributed by atoms with Crippen LogP contribution >= 0.6 is 11.8 Å². The zero-order valence-electron chi connectivity index (χ0n) is 18.5. The Morgan fingerprint density at radius 2 is 1.88 bits per heavy atom. The van der Waals surface area contributed by atoms with Crippen LogP contribution in [0.4, 0.5) is 5.69 Å². The fourth-order valence-corrected chi connectivity index (χ4v) is 4.65. The molecule has 7 nitrogen and oxygen atoms in total. The van der Waals surface area contributed by atoms with Gasteiger partial charge in [-0.3, -0.25) is 9.59 Å². The zero-order valence-corrected chi connectivity index (χ0v) is 19.4. The Kier molecular flexibility index (Phi) is 6.60. The number of aryl methyl sites for hydroxylation is 2. The first-order valence-electron chi connectivity index (χ1n) is 10.7. The van der Waals surface area contributed by atoms with Gasteiger partial charge in [-0.15, -0.1) is 10.2 Å². The summed E-state index contributed by atoms with van der Waals surface area (Å²) in [7, 11) is 1.89. The van der Waals surface area contributed by atoms with Gasteiger partial charge in [0.1, 0.15) is 0 Å². The minimum atomic E-state index is -0.114. The number of benzene rings is 2. The van der Waals surface area contributed by atoms with Gasteiger partial charge >= 0.3 is 0 Å². The minimum Gasteiger partial charge on any atom is -0.328 e. The molecule has 1 aliphatic heterocycles. The van der Waals surface area contributed by atoms with Gasteiger partial charge in [-0.2, -0.15) is 0 Å². The molecule has 2 amide bonds. The topological polar surface area (TPSA) is 80.1 Å². The highest BCUT2D eigenvalue weighted by molar-refractivity contribution is 7.99. The standard InChI is InChI=1S/C24H27N5O2S/c1-16-9-11-18(12-10-16)23(31)29-13-5-8-20(29)22-26-27-24(28(22)3)32-15-21(30)25-19-7-4-6-17(2)14-19/h4,6-7,9-12,14,20H,5,8,13,15H2,1-3H3,(H,25,30). The Morgan fingerprint density at radius 3 is 2.62 bits per heavy atom. The molecule has 1 unspecified atom stereocenters. The normalized spacial score (nSPS) is 15.7. The lowest BCUT2D eigenvalue weighted by Gasteiger charge is -2.24. The van der Waals surface area contributed by atoms with Gasteiger partial charge in [0.05, 0.1) is 11.8 Å². The number of likely N-dealkylation sites (tertiary alicyclic amines) is 1. The van der Waals surface area contributed by atoms with Crippen molar-refractivity contribution in [3.8, 4) is 0 Å². The molecule has 3 aromatic rings. The highest BCUT2D eigenvalue weighted by Gasteiger charge is 2.34. The third kappa shape index (κ3) is 4.85. The third-order valence-corrected chi connectivity index (χ3v) is 6.63. The molecule has 1 atom stereocenters. The number of amides is 2. The van der Waals surface area contributed by atoms with Crippen molar-refractivity contribution in [3.63, 3.8) is 0 Å². The molecule has 0 aliphatic carbocycles. The molecule has 1 N–H and O–H groups in total. The fraction of sp³-hybridized carbons (Fsp3) is 0.333. The van der Waals surface area contributed by atoms with Gasteiger partial charge < -0.3 is 14.8 Å². The third-order valence-electron chi connectivity index (χ3n) is 5.61. The SMILES string of the molecule is Cc1ccc(C(=O)N2CCCC2c2nnc(SCC(=O)Nc3cccc(C)c3)n2C)cc1. The molecular weight excluding hydrogens is 422 g/mol. The maximum Gasteiger partial charge on any atom is 0.254 e. The smallest absolute Gasteiger partial charge is 0.254 e. The second-order valence-electron chi connectivity index (χ2n) is 8.13. The fourth-order valence-electron chi connectivity index (χ4n) is 3.93. The van der Waals surface area contributed by atoms with E-state index in [1.54, 1.807) is 0 Å². The summed E-state index contributed by atoms with van der Waals surface area (Å²) in [5, 5.41) is 12.2. The van der Waals surface area contributed by atoms with Crippen LogP contribution in [-0.4, -0.2) is 43.8 Å². The maximum absolute atomic E-state index is 13.1. The molecule has 0 radical (unpaired) electrons. The van der Waals surface area contributed by atoms with Gasteiger partial charge in [-0.25, -0.2) is 0 Å². The average molecular weight is 450 g/mol. The lowest BCUT2D eigenvalue weighted by Crippen LogP contribution is -2.31. The molecule has 0 spiro atoms. The van der Waals surface area contributed by atoms with Crippen molar-refractivity contribution in [2.45, 2.75) is 37.9 Å². The van der Waals surface area contributed by atoms with Gasteiger partial charge in [0, 0.05) is 24.8 Å². The highest BCUT2D eigenvalue weighted by atomic mass is 32.2. The number of carbonyl (C=O) groups excluding carboxylic acids is 2. The molecular formula is C24H27N5O2S. The number of carbonyl (C=O) groups is 2. The van der Waals surface area contributed by atoms with Crippen LogP contribution in [0, 0.1) is 13.8 Å². The summed E-state index contributed by atoms with van der Waals surface area (Å²) in [5.41, 5.74) is 3.69. The van der Waals surface area contributed by atoms with Crippen molar-refractivity contribution < 1.29 is 9.59 Å². The number of nitrogens with zero attached hydrogens (tertiary/aromatic N) is 4. The van der Waals surface area contributed by atoms with Crippen LogP contribution in [0.3, 0.4) is 0 Å². The van der Waals surface area contributed by atoms with E-state index in [0.29, 0.717) is 17.3 Å². The molecule has 4 rings (SSSR count). The number of nitrogens with one attached hydrogen (secondary N) is 1. The minimum absolute atomic E-state index is 0.0160. The Balaban J connectivity index is 1.42. The van der Waals surface area contributed by atoms with Crippen molar-refractivity contribution in [2.75, 3.05) is 17.6 Å². The monoisotopic (exact) mass is 449 g/mol. The van der Waals surface area contributed by atoms with E-state index in [0.717, 1.165) is 35.5 Å². The van der Waals surface area contributed by atoms with Gasteiger partial charge in [0.2, 0.25) is 5.91 Å². The van der Waals surface area contributed by atoms with Crippen molar-refractivity contribution in [1.82, 2.24) is 19.7 Å². The maximum atomic E-state index is 13.1. The van der Waals surface area contributed by atoms with Crippen molar-refractivity contribution in [3.05, 3.63) is 71.0 Å². The molecule has 166 valence electrons. The Hall–Kier alpha value is -3.13. The second kappa shape index (κ2) is 9.56. The Labute approximate surface area is 192 Å². The van der Waals surface area contributed by atoms with Crippen LogP contribution in [-0.2, 0) is 11.8 Å². The molecule has 1 saturated heterocycles. The summed E-state index contributed by atoms with van der Waals surface area (Å²) >= 11 is 1.34. The van der Waals surface area contributed by atoms with Crippen LogP contribution in [0.5, 0.6) is 0 Å². The second-order valence-corrected chi connectivity index (χ2v) is 9.07. The van der Waals surface area contributed by atoms with Gasteiger partial charge in [0.15, 0.2) is 11.0 Å². The number of anilines is 1. The first-order chi connectivity index (χ1) is 15.4. The first-order valence-corrected chi connectivity index (χ1v) is 11.7. The molecule has 8 heteroatoms. The van der Waals surface area contributed by atoms with Gasteiger partial charge in [-0.1, -0.05) is 41.6 Å². The number of rotatable bonds is 6. The molecule has 1 aliphatic rings. The molecule has 0 bridgehead atoms. The van der Waals surface area contributed by atoms with Crippen LogP contribution < -0.4 is 5.32 Å². The van der Waals surface area contributed by atoms with E-state index in [4.69, 9.17) is 0 Å². The number of hydrogen-bond acceptors (Lipinski definition) is 5. The number of thioether (sulfide) groups is 1. The molecule has 1 aromatic heterocycles. The molecule has 2 heterocycles. The van der Waals surface area contributed by atoms with Crippen molar-refractivity contribution >= 4 is 29.3 Å². The lowest BCUT2D eigenvalue weighted by atomic mass is 10.1. The van der Waals surface area contributed by atoms with E-state index in [1.165, 1.54) is 11.8 Å². The average Bonchev–Trinajstić information content (AvgIpc) is 3.39. The summed E-state index contributed by atoms with van der Waals surface area (Å²) in [5.74, 6) is 0.908. The number of hydrogen-bond donors (Lipinski definition) is 1. The number of aromatic nitrogens is 3. The van der Waals surface area contributed by atoms with Gasteiger partial charge in [-0.05, 0) is 56.5 Å². The predicted octanol–water partition coefficient (Wildman–Crippen LogP) is 4.14. The van der Waals surface area contributed by atoms with Crippen LogP contribution in [0.25, 0.3) is 0 Å². The summed E-state index contributed by atoms with van der Waals surface area (Å²) in [6.45, 7) is 4.69. The van der Waals surface area contributed by atoms with E-state index >= 15 is 0 Å². The first kappa shape index (κ1) is 22.1. The predicted molar refractivity (Wildman–Crippen MR) is 126 cm³/mol. The van der Waals surface area contributed by atoms with E-state index in [9.17, 15) is 9.59 Å². The molecule has 1 fully saturated rings. The van der Waals surface area contributed by atoms with Crippen LogP contribution in [0.1, 0.15) is 46.2 Å². The van der Waals surface area contributed by atoms with Crippen molar-refractivity contribution in [1.29, 1.82) is 0 Å². The molecule has 2 aromatic carbocycles. The Bertz CT molecular complexity index is 1130. The summed E-state index contributed by atoms with van der Waals surface area (Å²) in [6, 6.07) is 15.2. The summed E-state index contributed by atoms with van der Waals surface area (Å²) in [4.78, 5) is 27.3. The van der Waals surface area contributed by atoms with Gasteiger partial charge in [0.25, 0.3) is 5.91 Å². The van der Waals surface area contributed by atoms with Crippen LogP contribution in [0.15, 0.2) is 53.7 Å². The molecule has 32 heavy (non-hydrogen) atoms. The zero-order chi connectivity index (χ0) is 22.7. The summed E-state index contributed by atoms with van der Waals surface area (Å²) in [6.07, 6.45) is 1.78. The summed E-state index contributed by atoms with van der Waals surface area (Å²) < 4.78 is 1.90. The quantitative estimate of drug-likeness (QED) is 0.572. The van der Waals surface area contributed by atoms with Crippen LogP contribution in [0.2, 0.25) is 0 Å². The highest BCUT2D eigenvalue weighted by Crippen LogP contribution is 2.33. The van der Waals surface area contributed by atoms with E-state index in [-0.39, 0.29) is 23.6 Å². The molecule has 0 saturated carbocycles. The van der Waals surface area contributed by atoms with E-state index in [2.05, 4.69) is 15.5 Å². The largest absolute Gasteiger partial charge is 0.328 e. The van der Waals surface area contributed by atoms with E-state index in [1.807, 2.05) is 78.9 Å². The Morgan fingerprint density at radius 1 is 1.09 bits per heavy atom. The van der Waals surface area contributed by atoms with Crippen molar-refractivity contribution in [2.24, 2.45) is 7.05 Å².